The topological polar surface area (TPSA) is 49.3 Å². The molecule has 2 aliphatic carbocycles. The van der Waals surface area contributed by atoms with Crippen LogP contribution in [-0.2, 0) is 4.79 Å². The summed E-state index contributed by atoms with van der Waals surface area (Å²) in [6.45, 7) is 3.00. The number of hydrogen-bond donors (Lipinski definition) is 2. The average molecular weight is 267 g/mol. The third kappa shape index (κ3) is 4.20. The summed E-state index contributed by atoms with van der Waals surface area (Å²) in [4.78, 5) is 12.2. The molecular formula is C16H29NO2. The zero-order valence-corrected chi connectivity index (χ0v) is 12.3. The second-order valence-corrected chi connectivity index (χ2v) is 6.72. The van der Waals surface area contributed by atoms with E-state index in [1.54, 1.807) is 0 Å². The summed E-state index contributed by atoms with van der Waals surface area (Å²) < 4.78 is 0. The lowest BCUT2D eigenvalue weighted by molar-refractivity contribution is -0.126. The number of amides is 1. The van der Waals surface area contributed by atoms with Crippen LogP contribution < -0.4 is 5.32 Å². The van der Waals surface area contributed by atoms with E-state index in [1.165, 1.54) is 32.1 Å². The molecule has 2 saturated carbocycles. The molecule has 0 radical (unpaired) electrons. The zero-order chi connectivity index (χ0) is 13.7. The summed E-state index contributed by atoms with van der Waals surface area (Å²) in [6, 6.07) is 0. The Bertz CT molecular complexity index is 293. The lowest BCUT2D eigenvalue weighted by atomic mass is 9.81. The van der Waals surface area contributed by atoms with Gasteiger partial charge in [-0.05, 0) is 31.6 Å². The van der Waals surface area contributed by atoms with Gasteiger partial charge in [0.1, 0.15) is 0 Å². The van der Waals surface area contributed by atoms with Crippen LogP contribution >= 0.6 is 0 Å². The van der Waals surface area contributed by atoms with E-state index in [0.717, 1.165) is 31.6 Å². The van der Waals surface area contributed by atoms with Crippen LogP contribution in [0, 0.1) is 17.3 Å². The largest absolute Gasteiger partial charge is 0.396 e. The molecule has 2 rings (SSSR count). The van der Waals surface area contributed by atoms with E-state index in [-0.39, 0.29) is 23.8 Å². The first kappa shape index (κ1) is 14.8. The van der Waals surface area contributed by atoms with Gasteiger partial charge < -0.3 is 10.4 Å². The van der Waals surface area contributed by atoms with E-state index >= 15 is 0 Å². The lowest BCUT2D eigenvalue weighted by Crippen LogP contribution is -2.36. The predicted molar refractivity (Wildman–Crippen MR) is 76.7 cm³/mol. The van der Waals surface area contributed by atoms with Gasteiger partial charge in [0.15, 0.2) is 0 Å². The van der Waals surface area contributed by atoms with Crippen LogP contribution in [0.5, 0.6) is 0 Å². The molecule has 0 saturated heterocycles. The van der Waals surface area contributed by atoms with Crippen LogP contribution in [0.15, 0.2) is 0 Å². The van der Waals surface area contributed by atoms with Crippen molar-refractivity contribution in [1.29, 1.82) is 0 Å². The quantitative estimate of drug-likeness (QED) is 0.745. The van der Waals surface area contributed by atoms with Crippen molar-refractivity contribution >= 4 is 5.91 Å². The molecule has 0 aromatic carbocycles. The summed E-state index contributed by atoms with van der Waals surface area (Å²) in [6.07, 6.45) is 10.8. The van der Waals surface area contributed by atoms with Crippen LogP contribution in [0.3, 0.4) is 0 Å². The van der Waals surface area contributed by atoms with Gasteiger partial charge in [-0.1, -0.05) is 39.0 Å². The number of carbonyl (C=O) groups is 1. The highest BCUT2D eigenvalue weighted by molar-refractivity contribution is 5.78. The van der Waals surface area contributed by atoms with E-state index in [9.17, 15) is 9.90 Å². The third-order valence-electron chi connectivity index (χ3n) is 5.14. The Balaban J connectivity index is 1.74. The summed E-state index contributed by atoms with van der Waals surface area (Å²) in [5, 5.41) is 12.4. The molecular weight excluding hydrogens is 238 g/mol. The van der Waals surface area contributed by atoms with Crippen molar-refractivity contribution < 1.29 is 9.90 Å². The van der Waals surface area contributed by atoms with Gasteiger partial charge in [-0.25, -0.2) is 0 Å². The van der Waals surface area contributed by atoms with E-state index in [4.69, 9.17) is 0 Å². The van der Waals surface area contributed by atoms with Gasteiger partial charge in [0.2, 0.25) is 5.91 Å². The number of hydrogen-bond acceptors (Lipinski definition) is 2. The molecule has 2 N–H and O–H groups in total. The molecule has 0 spiro atoms. The summed E-state index contributed by atoms with van der Waals surface area (Å²) in [5.41, 5.74) is 0.0266. The second-order valence-electron chi connectivity index (χ2n) is 6.72. The number of nitrogens with one attached hydrogen (secondary N) is 1. The maximum Gasteiger partial charge on any atom is 0.223 e. The Hall–Kier alpha value is -0.570. The number of aliphatic hydroxyl groups is 1. The Kier molecular flexibility index (Phi) is 5.26. The first-order chi connectivity index (χ1) is 9.19. The van der Waals surface area contributed by atoms with Gasteiger partial charge in [-0.15, -0.1) is 0 Å². The molecule has 2 fully saturated rings. The van der Waals surface area contributed by atoms with Gasteiger partial charge in [0, 0.05) is 17.9 Å². The summed E-state index contributed by atoms with van der Waals surface area (Å²) in [5.74, 6) is 1.16. The standard InChI is InChI=1S/C16H29NO2/c1-2-14(10-13-6-4-3-5-7-13)15(19)17-11-16(12-18)8-9-16/h13-14,18H,2-12H2,1H3,(H,17,19). The Morgan fingerprint density at radius 3 is 2.53 bits per heavy atom. The molecule has 110 valence electrons. The SMILES string of the molecule is CCC(CC1CCCCC1)C(=O)NCC1(CO)CC1. The number of carbonyl (C=O) groups excluding carboxylic acids is 1. The Morgan fingerprint density at radius 1 is 1.32 bits per heavy atom. The van der Waals surface area contributed by atoms with Gasteiger partial charge >= 0.3 is 0 Å². The van der Waals surface area contributed by atoms with Gasteiger partial charge in [-0.3, -0.25) is 4.79 Å². The smallest absolute Gasteiger partial charge is 0.223 e. The predicted octanol–water partition coefficient (Wildman–Crippen LogP) is 2.87. The molecule has 0 aromatic rings. The second kappa shape index (κ2) is 6.74. The van der Waals surface area contributed by atoms with Crippen molar-refractivity contribution in [2.75, 3.05) is 13.2 Å². The number of aliphatic hydroxyl groups excluding tert-OH is 1. The first-order valence-corrected chi connectivity index (χ1v) is 8.08. The highest BCUT2D eigenvalue weighted by Gasteiger charge is 2.42. The van der Waals surface area contributed by atoms with E-state index in [0.29, 0.717) is 6.54 Å². The van der Waals surface area contributed by atoms with E-state index < -0.39 is 0 Å². The molecule has 1 atom stereocenters. The van der Waals surface area contributed by atoms with Crippen molar-refractivity contribution in [3.05, 3.63) is 0 Å². The molecule has 0 aliphatic heterocycles. The normalized spacial score (nSPS) is 23.9. The fourth-order valence-corrected chi connectivity index (χ4v) is 3.27. The van der Waals surface area contributed by atoms with Crippen LogP contribution in [-0.4, -0.2) is 24.2 Å². The monoisotopic (exact) mass is 267 g/mol. The molecule has 0 heterocycles. The fourth-order valence-electron chi connectivity index (χ4n) is 3.27. The Morgan fingerprint density at radius 2 is 2.00 bits per heavy atom. The highest BCUT2D eigenvalue weighted by atomic mass is 16.3. The molecule has 3 heteroatoms. The van der Waals surface area contributed by atoms with Crippen LogP contribution in [0.2, 0.25) is 0 Å². The van der Waals surface area contributed by atoms with Crippen molar-refractivity contribution in [3.8, 4) is 0 Å². The zero-order valence-electron chi connectivity index (χ0n) is 12.3. The highest BCUT2D eigenvalue weighted by Crippen LogP contribution is 2.44. The van der Waals surface area contributed by atoms with Gasteiger partial charge in [-0.2, -0.15) is 0 Å². The van der Waals surface area contributed by atoms with Crippen LogP contribution in [0.25, 0.3) is 0 Å². The van der Waals surface area contributed by atoms with Crippen molar-refractivity contribution in [2.24, 2.45) is 17.3 Å². The molecule has 3 nitrogen and oxygen atoms in total. The summed E-state index contributed by atoms with van der Waals surface area (Å²) in [7, 11) is 0. The minimum absolute atomic E-state index is 0.0266. The van der Waals surface area contributed by atoms with Crippen molar-refractivity contribution in [2.45, 2.75) is 64.7 Å². The Labute approximate surface area is 117 Å². The van der Waals surface area contributed by atoms with Crippen molar-refractivity contribution in [3.63, 3.8) is 0 Å². The van der Waals surface area contributed by atoms with E-state index in [2.05, 4.69) is 12.2 Å². The van der Waals surface area contributed by atoms with Gasteiger partial charge in [0.05, 0.1) is 6.61 Å². The fraction of sp³-hybridized carbons (Fsp3) is 0.938. The minimum Gasteiger partial charge on any atom is -0.396 e. The maximum atomic E-state index is 12.2. The number of rotatable bonds is 7. The minimum atomic E-state index is 0.0266. The van der Waals surface area contributed by atoms with E-state index in [1.807, 2.05) is 0 Å². The van der Waals surface area contributed by atoms with Crippen LogP contribution in [0.4, 0.5) is 0 Å². The molecule has 1 unspecified atom stereocenters. The van der Waals surface area contributed by atoms with Crippen molar-refractivity contribution in [1.82, 2.24) is 5.32 Å². The third-order valence-corrected chi connectivity index (χ3v) is 5.14. The molecule has 0 aromatic heterocycles. The van der Waals surface area contributed by atoms with Crippen LogP contribution in [0.1, 0.15) is 64.7 Å². The molecule has 1 amide bonds. The van der Waals surface area contributed by atoms with Gasteiger partial charge in [0.25, 0.3) is 0 Å². The maximum absolute atomic E-state index is 12.2. The molecule has 19 heavy (non-hydrogen) atoms. The average Bonchev–Trinajstić information content (AvgIpc) is 3.24. The lowest BCUT2D eigenvalue weighted by Gasteiger charge is -2.26. The molecule has 0 bridgehead atoms. The molecule has 2 aliphatic rings. The summed E-state index contributed by atoms with van der Waals surface area (Å²) >= 11 is 0. The first-order valence-electron chi connectivity index (χ1n) is 8.08.